The quantitative estimate of drug-likeness (QED) is 0.166. The van der Waals surface area contributed by atoms with Gasteiger partial charge in [0.05, 0.1) is 0 Å². The number of hydrogen-bond donors (Lipinski definition) is 1. The van der Waals surface area contributed by atoms with Crippen molar-refractivity contribution in [2.24, 2.45) is 5.92 Å². The van der Waals surface area contributed by atoms with E-state index in [1.165, 1.54) is 64.8 Å². The lowest BCUT2D eigenvalue weighted by atomic mass is 10.0. The number of aromatic nitrogens is 1. The van der Waals surface area contributed by atoms with Gasteiger partial charge in [0.25, 0.3) is 0 Å². The molecule has 0 saturated heterocycles. The highest BCUT2D eigenvalue weighted by molar-refractivity contribution is 7.17. The lowest BCUT2D eigenvalue weighted by Crippen LogP contribution is -2.70. The fourth-order valence-corrected chi connectivity index (χ4v) is 12.6. The molecule has 0 aliphatic heterocycles. The van der Waals surface area contributed by atoms with Crippen molar-refractivity contribution in [2.45, 2.75) is 27.2 Å². The minimum atomic E-state index is -2.70. The van der Waals surface area contributed by atoms with Crippen LogP contribution >= 0.6 is 0 Å². The van der Waals surface area contributed by atoms with Gasteiger partial charge >= 0.3 is 0 Å². The highest BCUT2D eigenvalue weighted by Crippen LogP contribution is 2.31. The maximum atomic E-state index is 3.66. The Bertz CT molecular complexity index is 1920. The summed E-state index contributed by atoms with van der Waals surface area (Å²) in [6.07, 6.45) is 8.51. The van der Waals surface area contributed by atoms with E-state index in [-0.39, 0.29) is 0 Å². The first-order chi connectivity index (χ1) is 20.1. The van der Waals surface area contributed by atoms with Crippen molar-refractivity contribution in [3.8, 4) is 11.1 Å². The molecule has 2 heteroatoms. The third kappa shape index (κ3) is 4.22. The van der Waals surface area contributed by atoms with E-state index in [1.54, 1.807) is 0 Å². The van der Waals surface area contributed by atoms with Gasteiger partial charge in [-0.25, -0.2) is 0 Å². The van der Waals surface area contributed by atoms with Gasteiger partial charge in [-0.1, -0.05) is 128 Å². The van der Waals surface area contributed by atoms with E-state index < -0.39 is 8.07 Å². The molecule has 41 heavy (non-hydrogen) atoms. The predicted octanol–water partition coefficient (Wildman–Crippen LogP) is 8.14. The van der Waals surface area contributed by atoms with Crippen LogP contribution in [0.2, 0.25) is 0 Å². The van der Waals surface area contributed by atoms with E-state index >= 15 is 0 Å². The number of benzene rings is 5. The molecule has 7 rings (SSSR count). The zero-order valence-corrected chi connectivity index (χ0v) is 25.0. The van der Waals surface area contributed by atoms with Crippen LogP contribution in [0.5, 0.6) is 0 Å². The van der Waals surface area contributed by atoms with Crippen molar-refractivity contribution in [3.05, 3.63) is 150 Å². The van der Waals surface area contributed by atoms with Gasteiger partial charge in [-0.3, -0.25) is 0 Å². The number of aromatic amines is 1. The molecule has 0 fully saturated rings. The first kappa shape index (κ1) is 25.6. The minimum Gasteiger partial charge on any atom is -0.355 e. The van der Waals surface area contributed by atoms with Gasteiger partial charge in [0.2, 0.25) is 0 Å². The molecule has 1 heterocycles. The summed E-state index contributed by atoms with van der Waals surface area (Å²) in [6.45, 7) is 7.02. The van der Waals surface area contributed by atoms with Crippen LogP contribution in [-0.4, -0.2) is 13.1 Å². The summed E-state index contributed by atoms with van der Waals surface area (Å²) in [5, 5.41) is 8.45. The Morgan fingerprint density at radius 1 is 0.634 bits per heavy atom. The molecule has 1 aromatic heterocycles. The standard InChI is InChI=1S/C39H35NSi/c1-27-13-12-18-33(23-27)41(32-16-8-5-9-17-32,34-21-22-38-36(26-34)35-19-10-11-20-37(35)40-38)39-28(2)24-31(25-29(39)3)30-14-6-4-7-15-30/h4-12,14-27,40H,13H2,1-3H3. The SMILES string of the molecule is Cc1cc(-c2ccccc2)cc(C)c1[Si](C1=CC(C)CC=C1)(c1ccccc1)c1ccc2[nH]c3ccccc3c2c1. The summed E-state index contributed by atoms with van der Waals surface area (Å²) in [5.74, 6) is 0.506. The maximum absolute atomic E-state index is 3.66. The fraction of sp³-hybridized carbons (Fsp3) is 0.128. The molecule has 0 spiro atoms. The van der Waals surface area contributed by atoms with Crippen LogP contribution in [0.3, 0.4) is 0 Å². The van der Waals surface area contributed by atoms with Crippen LogP contribution in [0.15, 0.2) is 139 Å². The minimum absolute atomic E-state index is 0.506. The second-order valence-corrected chi connectivity index (χ2v) is 15.4. The van der Waals surface area contributed by atoms with Crippen LogP contribution in [0.25, 0.3) is 32.9 Å². The Hall–Kier alpha value is -4.40. The second-order valence-electron chi connectivity index (χ2n) is 11.6. The zero-order valence-electron chi connectivity index (χ0n) is 24.0. The Morgan fingerprint density at radius 3 is 2.02 bits per heavy atom. The third-order valence-electron chi connectivity index (χ3n) is 8.86. The molecule has 1 nitrogen and oxygen atoms in total. The summed E-state index contributed by atoms with van der Waals surface area (Å²) in [4.78, 5) is 3.66. The van der Waals surface area contributed by atoms with Crippen LogP contribution < -0.4 is 15.6 Å². The van der Waals surface area contributed by atoms with Crippen LogP contribution in [0.4, 0.5) is 0 Å². The van der Waals surface area contributed by atoms with Gasteiger partial charge in [0.15, 0.2) is 8.07 Å². The molecule has 0 radical (unpaired) electrons. The normalized spacial score (nSPS) is 16.6. The Morgan fingerprint density at radius 2 is 1.29 bits per heavy atom. The van der Waals surface area contributed by atoms with Crippen LogP contribution in [-0.2, 0) is 0 Å². The van der Waals surface area contributed by atoms with Crippen molar-refractivity contribution < 1.29 is 0 Å². The molecule has 0 saturated carbocycles. The number of rotatable bonds is 5. The summed E-state index contributed by atoms with van der Waals surface area (Å²) in [6, 6.07) is 42.9. The largest absolute Gasteiger partial charge is 0.355 e. The monoisotopic (exact) mass is 545 g/mol. The topological polar surface area (TPSA) is 15.8 Å². The molecule has 1 aliphatic rings. The Labute approximate surface area is 243 Å². The molecule has 6 aromatic rings. The van der Waals surface area contributed by atoms with Crippen molar-refractivity contribution in [1.29, 1.82) is 0 Å². The van der Waals surface area contributed by atoms with Gasteiger partial charge in [-0.15, -0.1) is 0 Å². The smallest absolute Gasteiger partial charge is 0.179 e. The number of H-pyrrole nitrogens is 1. The lowest BCUT2D eigenvalue weighted by molar-refractivity contribution is 0.734. The molecule has 200 valence electrons. The van der Waals surface area contributed by atoms with E-state index in [1.807, 2.05) is 0 Å². The number of para-hydroxylation sites is 1. The number of aryl methyl sites for hydroxylation is 2. The molecule has 0 bridgehead atoms. The van der Waals surface area contributed by atoms with Gasteiger partial charge in [0.1, 0.15) is 0 Å². The summed E-state index contributed by atoms with van der Waals surface area (Å²) in [5.41, 5.74) is 7.67. The molecule has 1 N–H and O–H groups in total. The Balaban J connectivity index is 1.60. The highest BCUT2D eigenvalue weighted by Gasteiger charge is 2.45. The van der Waals surface area contributed by atoms with Crippen molar-refractivity contribution in [3.63, 3.8) is 0 Å². The van der Waals surface area contributed by atoms with E-state index in [2.05, 4.69) is 159 Å². The Kier molecular flexibility index (Phi) is 6.36. The maximum Gasteiger partial charge on any atom is 0.179 e. The molecule has 0 amide bonds. The molecule has 1 aliphatic carbocycles. The zero-order chi connectivity index (χ0) is 28.0. The van der Waals surface area contributed by atoms with E-state index in [9.17, 15) is 0 Å². The average molecular weight is 546 g/mol. The molecule has 2 unspecified atom stereocenters. The summed E-state index contributed by atoms with van der Waals surface area (Å²) >= 11 is 0. The summed E-state index contributed by atoms with van der Waals surface area (Å²) in [7, 11) is -2.70. The van der Waals surface area contributed by atoms with Gasteiger partial charge in [-0.2, -0.15) is 0 Å². The average Bonchev–Trinajstić information content (AvgIpc) is 3.38. The number of allylic oxidation sites excluding steroid dienone is 4. The molecule has 2 atom stereocenters. The third-order valence-corrected chi connectivity index (χ3v) is 14.0. The fourth-order valence-electron chi connectivity index (χ4n) is 7.14. The van der Waals surface area contributed by atoms with Crippen molar-refractivity contribution in [2.75, 3.05) is 0 Å². The first-order valence-corrected chi connectivity index (χ1v) is 16.7. The van der Waals surface area contributed by atoms with Crippen LogP contribution in [0.1, 0.15) is 24.5 Å². The van der Waals surface area contributed by atoms with Crippen LogP contribution in [0, 0.1) is 19.8 Å². The van der Waals surface area contributed by atoms with Gasteiger partial charge < -0.3 is 4.98 Å². The van der Waals surface area contributed by atoms with E-state index in [0.717, 1.165) is 6.42 Å². The van der Waals surface area contributed by atoms with E-state index in [0.29, 0.717) is 5.92 Å². The number of hydrogen-bond acceptors (Lipinski definition) is 0. The summed E-state index contributed by atoms with van der Waals surface area (Å²) < 4.78 is 0. The molecule has 5 aromatic carbocycles. The number of fused-ring (bicyclic) bond motifs is 3. The van der Waals surface area contributed by atoms with E-state index in [4.69, 9.17) is 0 Å². The lowest BCUT2D eigenvalue weighted by Gasteiger charge is -2.39. The predicted molar refractivity (Wildman–Crippen MR) is 179 cm³/mol. The van der Waals surface area contributed by atoms with Crippen molar-refractivity contribution in [1.82, 2.24) is 4.98 Å². The van der Waals surface area contributed by atoms with Gasteiger partial charge in [0, 0.05) is 21.8 Å². The van der Waals surface area contributed by atoms with Crippen molar-refractivity contribution >= 4 is 45.4 Å². The second kappa shape index (κ2) is 10.2. The number of nitrogens with one attached hydrogen (secondary N) is 1. The highest BCUT2D eigenvalue weighted by atomic mass is 28.3. The first-order valence-electron chi connectivity index (χ1n) is 14.7. The molecular formula is C39H35NSi. The van der Waals surface area contributed by atoms with Gasteiger partial charge in [-0.05, 0) is 81.3 Å². The molecular weight excluding hydrogens is 511 g/mol.